The van der Waals surface area contributed by atoms with Crippen LogP contribution in [0.5, 0.6) is 0 Å². The first-order valence-corrected chi connectivity index (χ1v) is 16.6. The summed E-state index contributed by atoms with van der Waals surface area (Å²) in [5.41, 5.74) is 13.0. The maximum Gasteiger partial charge on any atom is 0.0620 e. The fourth-order valence-electron chi connectivity index (χ4n) is 7.74. The van der Waals surface area contributed by atoms with E-state index in [2.05, 4.69) is 160 Å². The van der Waals surface area contributed by atoms with Gasteiger partial charge in [-0.25, -0.2) is 0 Å². The Labute approximate surface area is 270 Å². The molecule has 1 heteroatoms. The molecule has 0 aliphatic heterocycles. The molecule has 0 saturated carbocycles. The van der Waals surface area contributed by atoms with Crippen LogP contribution in [0.4, 0.5) is 0 Å². The number of nitrogens with zero attached hydrogens (tertiary/aromatic N) is 1. The van der Waals surface area contributed by atoms with Crippen molar-refractivity contribution in [3.63, 3.8) is 0 Å². The second-order valence-corrected chi connectivity index (χ2v) is 13.9. The number of fused-ring (bicyclic) bond motifs is 8. The van der Waals surface area contributed by atoms with E-state index < -0.39 is 0 Å². The molecule has 0 aliphatic carbocycles. The zero-order chi connectivity index (χ0) is 31.3. The van der Waals surface area contributed by atoms with Gasteiger partial charge in [0.25, 0.3) is 0 Å². The highest BCUT2D eigenvalue weighted by Gasteiger charge is 2.21. The number of benzene rings is 7. The molecule has 222 valence electrons. The first kappa shape index (κ1) is 27.2. The minimum atomic E-state index is 0.497. The second-order valence-electron chi connectivity index (χ2n) is 13.9. The smallest absolute Gasteiger partial charge is 0.0620 e. The molecule has 0 bridgehead atoms. The Morgan fingerprint density at radius 2 is 1.00 bits per heavy atom. The van der Waals surface area contributed by atoms with Gasteiger partial charge in [0.15, 0.2) is 0 Å². The zero-order valence-corrected chi connectivity index (χ0v) is 27.1. The summed E-state index contributed by atoms with van der Waals surface area (Å²) in [7, 11) is 0. The molecule has 0 atom stereocenters. The van der Waals surface area contributed by atoms with Crippen LogP contribution in [-0.2, 0) is 0 Å². The topological polar surface area (TPSA) is 4.41 Å². The number of aromatic nitrogens is 1. The fourth-order valence-corrected chi connectivity index (χ4v) is 7.74. The average molecular weight is 592 g/mol. The lowest BCUT2D eigenvalue weighted by Gasteiger charge is -2.11. The Balaban J connectivity index is 1.38. The average Bonchev–Trinajstić information content (AvgIpc) is 3.56. The first-order chi connectivity index (χ1) is 22.3. The van der Waals surface area contributed by atoms with E-state index in [0.29, 0.717) is 11.8 Å². The van der Waals surface area contributed by atoms with Crippen LogP contribution in [0.15, 0.2) is 121 Å². The van der Waals surface area contributed by atoms with Crippen LogP contribution in [0, 0.1) is 6.92 Å². The SMILES string of the molecule is Cc1cc(-c2ccccc2)ccc1-c1cc2c3cc4cc(C(C)C)ccc4cc3n3c4cc5ccc(C(C)C)cc5cc4c(c1)c23. The minimum Gasteiger partial charge on any atom is -0.308 e. The predicted octanol–water partition coefficient (Wildman–Crippen LogP) is 13.0. The van der Waals surface area contributed by atoms with Crippen molar-refractivity contribution in [2.24, 2.45) is 0 Å². The molecule has 2 heterocycles. The molecule has 0 fully saturated rings. The summed E-state index contributed by atoms with van der Waals surface area (Å²) < 4.78 is 2.54. The summed E-state index contributed by atoms with van der Waals surface area (Å²) in [4.78, 5) is 0. The molecule has 0 saturated heterocycles. The van der Waals surface area contributed by atoms with Gasteiger partial charge in [-0.05, 0) is 116 Å². The summed E-state index contributed by atoms with van der Waals surface area (Å²) in [5, 5.41) is 10.5. The van der Waals surface area contributed by atoms with Gasteiger partial charge in [-0.15, -0.1) is 0 Å². The van der Waals surface area contributed by atoms with Gasteiger partial charge in [-0.3, -0.25) is 0 Å². The van der Waals surface area contributed by atoms with Crippen molar-refractivity contribution in [3.05, 3.63) is 138 Å². The minimum absolute atomic E-state index is 0.497. The lowest BCUT2D eigenvalue weighted by atomic mass is 9.93. The van der Waals surface area contributed by atoms with Crippen LogP contribution >= 0.6 is 0 Å². The monoisotopic (exact) mass is 591 g/mol. The van der Waals surface area contributed by atoms with Crippen LogP contribution in [0.25, 0.3) is 81.9 Å². The number of hydrogen-bond donors (Lipinski definition) is 0. The van der Waals surface area contributed by atoms with E-state index in [0.717, 1.165) is 0 Å². The van der Waals surface area contributed by atoms with Gasteiger partial charge in [0, 0.05) is 21.5 Å². The summed E-state index contributed by atoms with van der Waals surface area (Å²) in [5.74, 6) is 0.994. The van der Waals surface area contributed by atoms with E-state index in [-0.39, 0.29) is 0 Å². The molecule has 7 aromatic carbocycles. The summed E-state index contributed by atoms with van der Waals surface area (Å²) >= 11 is 0. The van der Waals surface area contributed by atoms with Crippen LogP contribution in [-0.4, -0.2) is 4.40 Å². The highest BCUT2D eigenvalue weighted by atomic mass is 14.9. The largest absolute Gasteiger partial charge is 0.308 e. The van der Waals surface area contributed by atoms with Crippen LogP contribution in [0.2, 0.25) is 0 Å². The molecular formula is C45H37N. The maximum atomic E-state index is 2.54. The zero-order valence-electron chi connectivity index (χ0n) is 27.1. The van der Waals surface area contributed by atoms with Crippen LogP contribution in [0.3, 0.4) is 0 Å². The van der Waals surface area contributed by atoms with Gasteiger partial charge in [0.1, 0.15) is 0 Å². The van der Waals surface area contributed by atoms with Crippen molar-refractivity contribution >= 4 is 59.6 Å². The van der Waals surface area contributed by atoms with Crippen LogP contribution < -0.4 is 0 Å². The molecule has 9 aromatic rings. The van der Waals surface area contributed by atoms with Crippen molar-refractivity contribution in [3.8, 4) is 22.3 Å². The van der Waals surface area contributed by atoms with Crippen LogP contribution in [0.1, 0.15) is 56.2 Å². The van der Waals surface area contributed by atoms with Gasteiger partial charge in [0.2, 0.25) is 0 Å². The Bertz CT molecular complexity index is 2500. The highest BCUT2D eigenvalue weighted by molar-refractivity contribution is 6.27. The third-order valence-corrected chi connectivity index (χ3v) is 10.3. The summed E-state index contributed by atoms with van der Waals surface area (Å²) in [6, 6.07) is 46.2. The molecule has 9 rings (SSSR count). The van der Waals surface area contributed by atoms with E-state index in [1.54, 1.807) is 0 Å². The predicted molar refractivity (Wildman–Crippen MR) is 200 cm³/mol. The molecule has 0 radical (unpaired) electrons. The third kappa shape index (κ3) is 4.01. The summed E-state index contributed by atoms with van der Waals surface area (Å²) in [6.45, 7) is 11.4. The van der Waals surface area contributed by atoms with Gasteiger partial charge in [-0.1, -0.05) is 113 Å². The van der Waals surface area contributed by atoms with E-state index in [1.807, 2.05) is 0 Å². The molecule has 0 spiro atoms. The first-order valence-electron chi connectivity index (χ1n) is 16.6. The van der Waals surface area contributed by atoms with E-state index in [1.165, 1.54) is 98.6 Å². The summed E-state index contributed by atoms with van der Waals surface area (Å²) in [6.07, 6.45) is 0. The van der Waals surface area contributed by atoms with Crippen molar-refractivity contribution in [1.29, 1.82) is 0 Å². The standard InChI is InChI=1S/C45H37N/c1-26(2)30-11-13-33-24-43-39(20-35(33)18-30)41-22-37(38-16-15-32(17-28(38)5)29-9-7-6-8-10-29)23-42-40-21-36-19-31(27(3)4)12-14-34(36)25-44(40)46(43)45(41)42/h6-27H,1-5H3. The third-order valence-electron chi connectivity index (χ3n) is 10.3. The maximum absolute atomic E-state index is 2.54. The quantitative estimate of drug-likeness (QED) is 0.192. The molecule has 0 aliphatic rings. The molecule has 0 amide bonds. The number of hydrogen-bond acceptors (Lipinski definition) is 0. The van der Waals surface area contributed by atoms with Gasteiger partial charge < -0.3 is 4.40 Å². The van der Waals surface area contributed by atoms with Gasteiger partial charge in [-0.2, -0.15) is 0 Å². The van der Waals surface area contributed by atoms with Gasteiger partial charge >= 0.3 is 0 Å². The number of rotatable bonds is 4. The van der Waals surface area contributed by atoms with Crippen molar-refractivity contribution in [1.82, 2.24) is 4.40 Å². The normalized spacial score (nSPS) is 12.4. The Hall–Kier alpha value is -5.14. The van der Waals surface area contributed by atoms with E-state index in [9.17, 15) is 0 Å². The Morgan fingerprint density at radius 3 is 1.52 bits per heavy atom. The van der Waals surface area contributed by atoms with Crippen molar-refractivity contribution in [2.45, 2.75) is 46.5 Å². The second kappa shape index (κ2) is 9.93. The molecular weight excluding hydrogens is 555 g/mol. The van der Waals surface area contributed by atoms with Crippen molar-refractivity contribution < 1.29 is 0 Å². The lowest BCUT2D eigenvalue weighted by molar-refractivity contribution is 0.869. The fraction of sp³-hybridized carbons (Fsp3) is 0.156. The molecule has 2 aromatic heterocycles. The molecule has 0 unspecified atom stereocenters. The molecule has 1 nitrogen and oxygen atoms in total. The van der Waals surface area contributed by atoms with E-state index >= 15 is 0 Å². The lowest BCUT2D eigenvalue weighted by Crippen LogP contribution is -1.88. The molecule has 0 N–H and O–H groups in total. The van der Waals surface area contributed by atoms with Crippen molar-refractivity contribution in [2.75, 3.05) is 0 Å². The Morgan fingerprint density at radius 1 is 0.435 bits per heavy atom. The Kier molecular flexibility index (Phi) is 5.87. The highest BCUT2D eigenvalue weighted by Crippen LogP contribution is 2.44. The molecule has 46 heavy (non-hydrogen) atoms. The van der Waals surface area contributed by atoms with E-state index in [4.69, 9.17) is 0 Å². The van der Waals surface area contributed by atoms with Gasteiger partial charge in [0.05, 0.1) is 16.6 Å². The number of aryl methyl sites for hydroxylation is 1.